The number of carbonyl (C=O) groups excluding carboxylic acids is 1. The van der Waals surface area contributed by atoms with Crippen LogP contribution in [0.2, 0.25) is 0 Å². The predicted molar refractivity (Wildman–Crippen MR) is 194 cm³/mol. The Hall–Kier alpha value is -0.810. The molecule has 0 aliphatic carbocycles. The van der Waals surface area contributed by atoms with Crippen molar-refractivity contribution in [3.05, 3.63) is 0 Å². The van der Waals surface area contributed by atoms with Gasteiger partial charge in [-0.2, -0.15) is 0 Å². The lowest BCUT2D eigenvalue weighted by atomic mass is 9.99. The van der Waals surface area contributed by atoms with Crippen molar-refractivity contribution in [2.75, 3.05) is 13.2 Å². The van der Waals surface area contributed by atoms with Crippen LogP contribution in [-0.4, -0.2) is 87.5 Å². The van der Waals surface area contributed by atoms with Crippen LogP contribution in [-0.2, 0) is 14.3 Å². The lowest BCUT2D eigenvalue weighted by molar-refractivity contribution is -0.302. The Balaban J connectivity index is 2.28. The zero-order chi connectivity index (χ0) is 35.2. The average molecular weight is 688 g/mol. The van der Waals surface area contributed by atoms with Gasteiger partial charge in [-0.25, -0.2) is 0 Å². The molecule has 0 bridgehead atoms. The largest absolute Gasteiger partial charge is 0.394 e. The molecular weight excluding hydrogens is 610 g/mol. The molecule has 0 aromatic heterocycles. The van der Waals surface area contributed by atoms with E-state index in [0.717, 1.165) is 38.5 Å². The summed E-state index contributed by atoms with van der Waals surface area (Å²) in [5.41, 5.74) is 0. The van der Waals surface area contributed by atoms with E-state index in [0.29, 0.717) is 12.8 Å². The lowest BCUT2D eigenvalue weighted by Gasteiger charge is -2.40. The van der Waals surface area contributed by atoms with E-state index < -0.39 is 49.5 Å². The first-order chi connectivity index (χ1) is 23.3. The highest BCUT2D eigenvalue weighted by atomic mass is 16.7. The van der Waals surface area contributed by atoms with E-state index >= 15 is 0 Å². The van der Waals surface area contributed by atoms with Gasteiger partial charge in [-0.15, -0.1) is 0 Å². The van der Waals surface area contributed by atoms with Gasteiger partial charge in [-0.1, -0.05) is 168 Å². The molecule has 0 saturated carbocycles. The second kappa shape index (κ2) is 31.0. The number of carbonyl (C=O) groups is 1. The first-order valence-corrected chi connectivity index (χ1v) is 20.2. The molecule has 0 aromatic rings. The number of aliphatic hydroxyl groups is 5. The molecule has 286 valence electrons. The van der Waals surface area contributed by atoms with Crippen molar-refractivity contribution in [1.82, 2.24) is 5.32 Å². The van der Waals surface area contributed by atoms with E-state index in [1.54, 1.807) is 0 Å². The van der Waals surface area contributed by atoms with Gasteiger partial charge in [0.1, 0.15) is 24.4 Å². The van der Waals surface area contributed by atoms with Crippen LogP contribution in [0.15, 0.2) is 0 Å². The first kappa shape index (κ1) is 45.2. The Bertz CT molecular complexity index is 726. The van der Waals surface area contributed by atoms with Gasteiger partial charge in [0.25, 0.3) is 0 Å². The van der Waals surface area contributed by atoms with Gasteiger partial charge >= 0.3 is 0 Å². The summed E-state index contributed by atoms with van der Waals surface area (Å²) in [6.45, 7) is 3.78. The molecule has 9 heteroatoms. The van der Waals surface area contributed by atoms with Crippen molar-refractivity contribution in [2.24, 2.45) is 0 Å². The Kier molecular flexibility index (Phi) is 29.2. The number of hydrogen-bond acceptors (Lipinski definition) is 8. The van der Waals surface area contributed by atoms with Crippen molar-refractivity contribution >= 4 is 5.91 Å². The summed E-state index contributed by atoms with van der Waals surface area (Å²) in [5, 5.41) is 53.9. The summed E-state index contributed by atoms with van der Waals surface area (Å²) in [6.07, 6.45) is 24.2. The molecule has 48 heavy (non-hydrogen) atoms. The maximum Gasteiger partial charge on any atom is 0.220 e. The number of rotatable bonds is 33. The van der Waals surface area contributed by atoms with Crippen molar-refractivity contribution in [1.29, 1.82) is 0 Å². The van der Waals surface area contributed by atoms with Crippen LogP contribution in [0.4, 0.5) is 0 Å². The highest BCUT2D eigenvalue weighted by Gasteiger charge is 2.44. The van der Waals surface area contributed by atoms with Gasteiger partial charge in [-0.3, -0.25) is 4.79 Å². The van der Waals surface area contributed by atoms with Crippen LogP contribution in [0.25, 0.3) is 0 Å². The van der Waals surface area contributed by atoms with Crippen molar-refractivity contribution in [3.8, 4) is 0 Å². The maximum atomic E-state index is 12.9. The number of ether oxygens (including phenoxy) is 2. The highest BCUT2D eigenvalue weighted by molar-refractivity contribution is 5.76. The van der Waals surface area contributed by atoms with Crippen LogP contribution in [0.1, 0.15) is 187 Å². The zero-order valence-electron chi connectivity index (χ0n) is 31.0. The third-order valence-electron chi connectivity index (χ3n) is 9.96. The summed E-state index contributed by atoms with van der Waals surface area (Å²) in [6, 6.07) is -0.708. The third kappa shape index (κ3) is 22.1. The van der Waals surface area contributed by atoms with Gasteiger partial charge in [-0.05, 0) is 12.8 Å². The Morgan fingerprint density at radius 2 is 1.04 bits per heavy atom. The third-order valence-corrected chi connectivity index (χ3v) is 9.96. The van der Waals surface area contributed by atoms with Crippen molar-refractivity contribution in [3.63, 3.8) is 0 Å². The van der Waals surface area contributed by atoms with Gasteiger partial charge < -0.3 is 40.3 Å². The minimum Gasteiger partial charge on any atom is -0.394 e. The molecule has 1 fully saturated rings. The monoisotopic (exact) mass is 688 g/mol. The van der Waals surface area contributed by atoms with Gasteiger partial charge in [0.2, 0.25) is 5.91 Å². The van der Waals surface area contributed by atoms with Gasteiger partial charge in [0.15, 0.2) is 6.29 Å². The molecule has 1 amide bonds. The number of unbranched alkanes of at least 4 members (excludes halogenated alkanes) is 23. The van der Waals surface area contributed by atoms with Crippen LogP contribution in [0.3, 0.4) is 0 Å². The maximum absolute atomic E-state index is 12.9. The van der Waals surface area contributed by atoms with Crippen LogP contribution in [0.5, 0.6) is 0 Å². The molecule has 0 spiro atoms. The van der Waals surface area contributed by atoms with Gasteiger partial charge in [0, 0.05) is 6.42 Å². The first-order valence-electron chi connectivity index (χ1n) is 20.2. The fraction of sp³-hybridized carbons (Fsp3) is 0.974. The Labute approximate surface area is 294 Å². The van der Waals surface area contributed by atoms with Gasteiger partial charge in [0.05, 0.1) is 25.4 Å². The molecule has 6 N–H and O–H groups in total. The van der Waals surface area contributed by atoms with E-state index in [4.69, 9.17) is 9.47 Å². The molecule has 1 aliphatic rings. The minimum atomic E-state index is -1.55. The number of aliphatic hydroxyl groups excluding tert-OH is 5. The fourth-order valence-corrected chi connectivity index (χ4v) is 6.63. The van der Waals surface area contributed by atoms with E-state index in [1.165, 1.54) is 122 Å². The lowest BCUT2D eigenvalue weighted by Crippen LogP contribution is -2.60. The molecule has 7 atom stereocenters. The summed E-state index contributed by atoms with van der Waals surface area (Å²) in [5.74, 6) is -0.146. The molecule has 1 heterocycles. The van der Waals surface area contributed by atoms with E-state index in [-0.39, 0.29) is 12.5 Å². The second-order valence-corrected chi connectivity index (χ2v) is 14.4. The number of amides is 1. The van der Waals surface area contributed by atoms with E-state index in [1.807, 2.05) is 0 Å². The zero-order valence-corrected chi connectivity index (χ0v) is 31.0. The smallest absolute Gasteiger partial charge is 0.220 e. The summed E-state index contributed by atoms with van der Waals surface area (Å²) in [7, 11) is 0. The van der Waals surface area contributed by atoms with E-state index in [2.05, 4.69) is 19.2 Å². The molecule has 0 radical (unpaired) electrons. The second-order valence-electron chi connectivity index (χ2n) is 14.4. The molecular formula is C39H77NO8. The fourth-order valence-electron chi connectivity index (χ4n) is 6.63. The van der Waals surface area contributed by atoms with Crippen LogP contribution >= 0.6 is 0 Å². The SMILES string of the molecule is CCCCCCCCCCCCCCCCCCCCC(=O)NC(COC1OC(CO)C(O)C(O)C1O)C(O)CCCCCCCCC. The molecule has 1 rings (SSSR count). The standard InChI is InChI=1S/C39H77NO8/c1-3-5-7-9-11-12-13-14-15-16-17-18-19-20-21-23-25-27-29-35(43)40-32(33(42)28-26-24-22-10-8-6-4-2)31-47-39-38(46)37(45)36(44)34(30-41)48-39/h32-34,36-39,41-42,44-46H,3-31H2,1-2H3,(H,40,43). The minimum absolute atomic E-state index is 0.134. The highest BCUT2D eigenvalue weighted by Crippen LogP contribution is 2.23. The summed E-state index contributed by atoms with van der Waals surface area (Å²) in [4.78, 5) is 12.9. The van der Waals surface area contributed by atoms with Crippen LogP contribution < -0.4 is 5.32 Å². The quantitative estimate of drug-likeness (QED) is 0.0396. The Morgan fingerprint density at radius 1 is 0.625 bits per heavy atom. The Morgan fingerprint density at radius 3 is 1.48 bits per heavy atom. The molecule has 9 nitrogen and oxygen atoms in total. The normalized spacial score (nSPS) is 22.5. The molecule has 0 aromatic carbocycles. The topological polar surface area (TPSA) is 149 Å². The van der Waals surface area contributed by atoms with Crippen molar-refractivity contribution in [2.45, 2.75) is 230 Å². The summed E-state index contributed by atoms with van der Waals surface area (Å²) >= 11 is 0. The predicted octanol–water partition coefficient (Wildman–Crippen LogP) is 7.22. The molecule has 7 unspecified atom stereocenters. The molecule has 1 saturated heterocycles. The molecule has 1 aliphatic heterocycles. The summed E-state index contributed by atoms with van der Waals surface area (Å²) < 4.78 is 11.2. The van der Waals surface area contributed by atoms with Crippen molar-refractivity contribution < 1.29 is 39.8 Å². The number of hydrogen-bond donors (Lipinski definition) is 6. The average Bonchev–Trinajstić information content (AvgIpc) is 3.08. The van der Waals surface area contributed by atoms with E-state index in [9.17, 15) is 30.3 Å². The van der Waals surface area contributed by atoms with Crippen LogP contribution in [0, 0.1) is 0 Å². The number of nitrogens with one attached hydrogen (secondary N) is 1.